The first-order valence-electron chi connectivity index (χ1n) is 7.83. The van der Waals surface area contributed by atoms with Crippen molar-refractivity contribution < 1.29 is 23.1 Å². The van der Waals surface area contributed by atoms with E-state index in [-0.39, 0.29) is 36.2 Å². The van der Waals surface area contributed by atoms with Gasteiger partial charge in [0.2, 0.25) is 5.67 Å². The third-order valence-corrected chi connectivity index (χ3v) is 4.52. The van der Waals surface area contributed by atoms with Crippen LogP contribution in [-0.4, -0.2) is 16.0 Å². The molecule has 0 saturated heterocycles. The summed E-state index contributed by atoms with van der Waals surface area (Å²) in [5.74, 6) is -2.49. The number of aromatic nitrogens is 1. The second-order valence-corrected chi connectivity index (χ2v) is 6.39. The summed E-state index contributed by atoms with van der Waals surface area (Å²) in [6.45, 7) is 1.24. The Balaban J connectivity index is 1.84. The molecule has 1 aliphatic carbocycles. The van der Waals surface area contributed by atoms with E-state index in [1.165, 1.54) is 31.3 Å². The molecule has 4 nitrogen and oxygen atoms in total. The number of carbonyl (C=O) groups is 1. The number of nitrogens with one attached hydrogen (secondary N) is 1. The van der Waals surface area contributed by atoms with Gasteiger partial charge in [0.1, 0.15) is 17.2 Å². The quantitative estimate of drug-likeness (QED) is 0.895. The van der Waals surface area contributed by atoms with Gasteiger partial charge in [-0.1, -0.05) is 12.1 Å². The van der Waals surface area contributed by atoms with E-state index in [1.807, 2.05) is 0 Å². The van der Waals surface area contributed by atoms with E-state index in [0.717, 1.165) is 6.07 Å². The van der Waals surface area contributed by atoms with Crippen LogP contribution < -0.4 is 5.32 Å². The molecule has 1 aromatic carbocycles. The van der Waals surface area contributed by atoms with Crippen LogP contribution in [0.2, 0.25) is 0 Å². The summed E-state index contributed by atoms with van der Waals surface area (Å²) in [7, 11) is 0. The van der Waals surface area contributed by atoms with E-state index in [2.05, 4.69) is 10.3 Å². The molecule has 3 rings (SSSR count). The van der Waals surface area contributed by atoms with Crippen LogP contribution in [0.1, 0.15) is 36.6 Å². The van der Waals surface area contributed by atoms with Gasteiger partial charge in [0.25, 0.3) is 5.91 Å². The van der Waals surface area contributed by atoms with E-state index >= 15 is 4.39 Å². The first-order valence-corrected chi connectivity index (χ1v) is 7.83. The molecular formula is C18H17F3N2O2. The Hall–Kier alpha value is -2.41. The minimum absolute atomic E-state index is 0.00308. The Morgan fingerprint density at radius 2 is 2.08 bits per heavy atom. The lowest BCUT2D eigenvalue weighted by atomic mass is 9.75. The van der Waals surface area contributed by atoms with Gasteiger partial charge in [0, 0.05) is 29.9 Å². The first-order chi connectivity index (χ1) is 11.7. The summed E-state index contributed by atoms with van der Waals surface area (Å²) < 4.78 is 42.0. The van der Waals surface area contributed by atoms with E-state index in [1.54, 1.807) is 0 Å². The number of halogens is 3. The highest BCUT2D eigenvalue weighted by atomic mass is 19.1. The summed E-state index contributed by atoms with van der Waals surface area (Å²) in [6, 6.07) is 5.85. The number of benzene rings is 1. The van der Waals surface area contributed by atoms with Gasteiger partial charge in [-0.25, -0.2) is 13.2 Å². The van der Waals surface area contributed by atoms with E-state index < -0.39 is 28.8 Å². The molecule has 2 aromatic rings. The minimum atomic E-state index is -2.37. The van der Waals surface area contributed by atoms with Crippen molar-refractivity contribution in [2.24, 2.45) is 0 Å². The summed E-state index contributed by atoms with van der Waals surface area (Å²) in [6.07, 6.45) is 1.22. The van der Waals surface area contributed by atoms with Crippen molar-refractivity contribution in [1.29, 1.82) is 0 Å². The van der Waals surface area contributed by atoms with Gasteiger partial charge < -0.3 is 10.4 Å². The van der Waals surface area contributed by atoms with Crippen LogP contribution in [0.5, 0.6) is 0 Å². The molecule has 1 aromatic heterocycles. The number of carbonyl (C=O) groups excluding carboxylic acids is 1. The third-order valence-electron chi connectivity index (χ3n) is 4.52. The molecule has 0 bridgehead atoms. The second kappa shape index (κ2) is 6.15. The third kappa shape index (κ3) is 3.11. The maximum atomic E-state index is 15.5. The van der Waals surface area contributed by atoms with Crippen LogP contribution in [0.15, 0.2) is 36.5 Å². The molecule has 25 heavy (non-hydrogen) atoms. The van der Waals surface area contributed by atoms with Crippen molar-refractivity contribution in [3.63, 3.8) is 0 Å². The summed E-state index contributed by atoms with van der Waals surface area (Å²) in [4.78, 5) is 16.5. The monoisotopic (exact) mass is 350 g/mol. The van der Waals surface area contributed by atoms with Gasteiger partial charge in [-0.2, -0.15) is 0 Å². The molecule has 7 heteroatoms. The van der Waals surface area contributed by atoms with Crippen LogP contribution in [0.25, 0.3) is 0 Å². The Labute approximate surface area is 142 Å². The Morgan fingerprint density at radius 3 is 2.80 bits per heavy atom. The van der Waals surface area contributed by atoms with Gasteiger partial charge in [-0.3, -0.25) is 9.78 Å². The van der Waals surface area contributed by atoms with E-state index in [0.29, 0.717) is 6.07 Å². The predicted molar refractivity (Wildman–Crippen MR) is 84.0 cm³/mol. The van der Waals surface area contributed by atoms with Crippen LogP contribution >= 0.6 is 0 Å². The van der Waals surface area contributed by atoms with Gasteiger partial charge in [0.15, 0.2) is 0 Å². The fraction of sp³-hybridized carbons (Fsp3) is 0.333. The Morgan fingerprint density at radius 1 is 1.32 bits per heavy atom. The molecular weight excluding hydrogens is 333 g/mol. The predicted octanol–water partition coefficient (Wildman–Crippen LogP) is 2.84. The van der Waals surface area contributed by atoms with E-state index in [4.69, 9.17) is 0 Å². The number of aliphatic hydroxyl groups is 1. The summed E-state index contributed by atoms with van der Waals surface area (Å²) in [5, 5.41) is 12.7. The molecule has 0 saturated carbocycles. The zero-order valence-electron chi connectivity index (χ0n) is 13.5. The van der Waals surface area contributed by atoms with Crippen LogP contribution in [0, 0.1) is 11.6 Å². The topological polar surface area (TPSA) is 62.2 Å². The fourth-order valence-corrected chi connectivity index (χ4v) is 3.04. The van der Waals surface area contributed by atoms with Crippen molar-refractivity contribution in [1.82, 2.24) is 10.3 Å². The second-order valence-electron chi connectivity index (χ2n) is 6.39. The lowest BCUT2D eigenvalue weighted by Crippen LogP contribution is -2.47. The van der Waals surface area contributed by atoms with Gasteiger partial charge in [-0.05, 0) is 31.9 Å². The zero-order valence-corrected chi connectivity index (χ0v) is 13.5. The summed E-state index contributed by atoms with van der Waals surface area (Å²) in [5.41, 5.74) is -3.53. The minimum Gasteiger partial charge on any atom is -0.384 e. The highest BCUT2D eigenvalue weighted by molar-refractivity contribution is 5.87. The Bertz CT molecular complexity index is 826. The van der Waals surface area contributed by atoms with E-state index in [9.17, 15) is 18.7 Å². The highest BCUT2D eigenvalue weighted by Gasteiger charge is 2.50. The fourth-order valence-electron chi connectivity index (χ4n) is 3.04. The lowest BCUT2D eigenvalue weighted by Gasteiger charge is -2.37. The zero-order chi connectivity index (χ0) is 18.2. The van der Waals surface area contributed by atoms with Crippen molar-refractivity contribution in [2.75, 3.05) is 0 Å². The smallest absolute Gasteiger partial charge is 0.262 e. The molecule has 1 aliphatic rings. The molecule has 0 unspecified atom stereocenters. The number of pyridine rings is 1. The van der Waals surface area contributed by atoms with Crippen molar-refractivity contribution in [3.05, 3.63) is 65.0 Å². The maximum absolute atomic E-state index is 15.5. The SMILES string of the molecule is C[C@]1(O)CC[C@@](F)(C(=O)NCc2ccc(F)cc2F)c2cccnc21. The van der Waals surface area contributed by atoms with Crippen LogP contribution in [-0.2, 0) is 22.6 Å². The number of rotatable bonds is 3. The largest absolute Gasteiger partial charge is 0.384 e. The molecule has 132 valence electrons. The van der Waals surface area contributed by atoms with Crippen LogP contribution in [0.4, 0.5) is 13.2 Å². The first kappa shape index (κ1) is 17.4. The molecule has 0 spiro atoms. The Kier molecular flexibility index (Phi) is 4.28. The molecule has 2 atom stereocenters. The normalized spacial score (nSPS) is 25.3. The lowest BCUT2D eigenvalue weighted by molar-refractivity contribution is -0.136. The van der Waals surface area contributed by atoms with Crippen molar-refractivity contribution in [2.45, 2.75) is 37.6 Å². The van der Waals surface area contributed by atoms with Gasteiger partial charge in [0.05, 0.1) is 5.69 Å². The van der Waals surface area contributed by atoms with Gasteiger partial charge >= 0.3 is 0 Å². The van der Waals surface area contributed by atoms with Crippen LogP contribution in [0.3, 0.4) is 0 Å². The summed E-state index contributed by atoms with van der Waals surface area (Å²) >= 11 is 0. The number of hydrogen-bond donors (Lipinski definition) is 2. The molecule has 2 N–H and O–H groups in total. The standard InChI is InChI=1S/C18H17F3N2O2/c1-17(25)6-7-18(21,13-3-2-8-22-15(13)17)16(24)23-10-11-4-5-12(19)9-14(11)20/h2-5,8-9,25H,6-7,10H2,1H3,(H,23,24)/t17-,18-/m0/s1. The van der Waals surface area contributed by atoms with Crippen molar-refractivity contribution >= 4 is 5.91 Å². The average molecular weight is 350 g/mol. The highest BCUT2D eigenvalue weighted by Crippen LogP contribution is 2.45. The van der Waals surface area contributed by atoms with Crippen molar-refractivity contribution in [3.8, 4) is 0 Å². The van der Waals surface area contributed by atoms with Gasteiger partial charge in [-0.15, -0.1) is 0 Å². The molecule has 1 amide bonds. The molecule has 0 aliphatic heterocycles. The number of nitrogens with zero attached hydrogens (tertiary/aromatic N) is 1. The average Bonchev–Trinajstić information content (AvgIpc) is 2.58. The molecule has 0 radical (unpaired) electrons. The number of hydrogen-bond acceptors (Lipinski definition) is 3. The number of fused-ring (bicyclic) bond motifs is 1. The maximum Gasteiger partial charge on any atom is 0.262 e. The number of amides is 1. The molecule has 0 fully saturated rings. The number of alkyl halides is 1. The molecule has 1 heterocycles.